The van der Waals surface area contributed by atoms with E-state index >= 15 is 0 Å². The van der Waals surface area contributed by atoms with Crippen LogP contribution in [0, 0.1) is 5.41 Å². The van der Waals surface area contributed by atoms with Crippen LogP contribution in [0.4, 0.5) is 0 Å². The van der Waals surface area contributed by atoms with Gasteiger partial charge in [0.2, 0.25) is 0 Å². The minimum absolute atomic E-state index is 0.153. The van der Waals surface area contributed by atoms with Crippen LogP contribution < -0.4 is 0 Å². The molecule has 0 saturated heterocycles. The second kappa shape index (κ2) is 5.00. The summed E-state index contributed by atoms with van der Waals surface area (Å²) >= 11 is 0. The van der Waals surface area contributed by atoms with Gasteiger partial charge in [0.15, 0.2) is 6.29 Å². The molecule has 0 aromatic heterocycles. The molecule has 0 atom stereocenters. The van der Waals surface area contributed by atoms with Gasteiger partial charge in [0.05, 0.1) is 0 Å². The first-order valence-corrected chi connectivity index (χ1v) is 7.39. The first-order chi connectivity index (χ1) is 10.0. The summed E-state index contributed by atoms with van der Waals surface area (Å²) in [6.45, 7) is 6.66. The van der Waals surface area contributed by atoms with Gasteiger partial charge in [-0.2, -0.15) is 0 Å². The molecule has 0 saturated carbocycles. The van der Waals surface area contributed by atoms with E-state index in [0.29, 0.717) is 0 Å². The molecule has 2 aromatic carbocycles. The molecular weight excluding hydrogens is 256 g/mol. The van der Waals surface area contributed by atoms with E-state index in [1.807, 2.05) is 24.3 Å². The molecule has 0 heterocycles. The second-order valence-corrected chi connectivity index (χ2v) is 6.65. The largest absolute Gasteiger partial charge is 0.298 e. The van der Waals surface area contributed by atoms with Crippen molar-refractivity contribution in [2.75, 3.05) is 0 Å². The molecule has 0 N–H and O–H groups in total. The third-order valence-electron chi connectivity index (χ3n) is 4.17. The van der Waals surface area contributed by atoms with Crippen LogP contribution in [0.5, 0.6) is 0 Å². The van der Waals surface area contributed by atoms with Crippen molar-refractivity contribution in [3.63, 3.8) is 0 Å². The van der Waals surface area contributed by atoms with Crippen LogP contribution in [0.2, 0.25) is 0 Å². The minimum Gasteiger partial charge on any atom is -0.298 e. The summed E-state index contributed by atoms with van der Waals surface area (Å²) in [7, 11) is 0. The van der Waals surface area contributed by atoms with E-state index in [2.05, 4.69) is 45.1 Å². The molecule has 0 unspecified atom stereocenters. The number of allylic oxidation sites excluding steroid dienone is 4. The molecule has 1 aliphatic rings. The molecule has 0 amide bonds. The third-order valence-corrected chi connectivity index (χ3v) is 4.17. The van der Waals surface area contributed by atoms with Gasteiger partial charge in [-0.3, -0.25) is 4.79 Å². The van der Waals surface area contributed by atoms with Gasteiger partial charge in [0, 0.05) is 5.56 Å². The highest BCUT2D eigenvalue weighted by Gasteiger charge is 2.21. The second-order valence-electron chi connectivity index (χ2n) is 6.65. The van der Waals surface area contributed by atoms with Gasteiger partial charge >= 0.3 is 0 Å². The van der Waals surface area contributed by atoms with Crippen molar-refractivity contribution in [3.8, 4) is 0 Å². The van der Waals surface area contributed by atoms with Crippen LogP contribution in [0.1, 0.15) is 43.1 Å². The standard InChI is InChI=1S/C20H20O/c1-20(2,3)16-10-8-15(12-16)18-11-9-14-6-4-5-7-17(14)19(18)13-21/h4-7,9-13H,8H2,1-3H3. The van der Waals surface area contributed by atoms with Gasteiger partial charge in [-0.25, -0.2) is 0 Å². The van der Waals surface area contributed by atoms with Crippen molar-refractivity contribution >= 4 is 22.6 Å². The van der Waals surface area contributed by atoms with Gasteiger partial charge in [-0.1, -0.05) is 69.3 Å². The highest BCUT2D eigenvalue weighted by molar-refractivity contribution is 6.03. The molecule has 0 spiro atoms. The first kappa shape index (κ1) is 13.8. The third kappa shape index (κ3) is 2.44. The molecule has 106 valence electrons. The number of fused-ring (bicyclic) bond motifs is 1. The predicted molar refractivity (Wildman–Crippen MR) is 89.5 cm³/mol. The molecule has 21 heavy (non-hydrogen) atoms. The molecule has 1 nitrogen and oxygen atoms in total. The van der Waals surface area contributed by atoms with E-state index in [-0.39, 0.29) is 5.41 Å². The maximum Gasteiger partial charge on any atom is 0.151 e. The smallest absolute Gasteiger partial charge is 0.151 e. The number of carbonyl (C=O) groups is 1. The first-order valence-electron chi connectivity index (χ1n) is 7.39. The fraction of sp³-hybridized carbons (Fsp3) is 0.250. The Balaban J connectivity index is 2.13. The molecule has 0 radical (unpaired) electrons. The van der Waals surface area contributed by atoms with Crippen molar-refractivity contribution in [3.05, 3.63) is 65.3 Å². The molecule has 3 rings (SSSR count). The average Bonchev–Trinajstić information content (AvgIpc) is 2.95. The van der Waals surface area contributed by atoms with Crippen molar-refractivity contribution in [1.29, 1.82) is 0 Å². The zero-order valence-corrected chi connectivity index (χ0v) is 12.8. The lowest BCUT2D eigenvalue weighted by atomic mass is 9.87. The van der Waals surface area contributed by atoms with Crippen molar-refractivity contribution < 1.29 is 4.79 Å². The van der Waals surface area contributed by atoms with Crippen LogP contribution in [0.15, 0.2) is 54.1 Å². The summed E-state index contributed by atoms with van der Waals surface area (Å²) in [6, 6.07) is 12.3. The van der Waals surface area contributed by atoms with Gasteiger partial charge in [-0.05, 0) is 39.3 Å². The zero-order valence-electron chi connectivity index (χ0n) is 12.8. The van der Waals surface area contributed by atoms with E-state index in [1.165, 1.54) is 11.1 Å². The SMILES string of the molecule is CC(C)(C)C1=CCC(c2ccc3ccccc3c2C=O)=C1. The lowest BCUT2D eigenvalue weighted by molar-refractivity contribution is 0.112. The zero-order chi connectivity index (χ0) is 15.0. The minimum atomic E-state index is 0.153. The van der Waals surface area contributed by atoms with Crippen molar-refractivity contribution in [2.45, 2.75) is 27.2 Å². The van der Waals surface area contributed by atoms with Gasteiger partial charge < -0.3 is 0 Å². The lowest BCUT2D eigenvalue weighted by Gasteiger charge is -2.18. The number of rotatable bonds is 2. The summed E-state index contributed by atoms with van der Waals surface area (Å²) < 4.78 is 0. The molecule has 1 aliphatic carbocycles. The van der Waals surface area contributed by atoms with E-state index < -0.39 is 0 Å². The molecule has 2 aromatic rings. The maximum atomic E-state index is 11.6. The summed E-state index contributed by atoms with van der Waals surface area (Å²) in [4.78, 5) is 11.6. The number of aldehydes is 1. The van der Waals surface area contributed by atoms with E-state index in [9.17, 15) is 4.79 Å². The predicted octanol–water partition coefficient (Wildman–Crippen LogP) is 5.41. The van der Waals surface area contributed by atoms with Gasteiger partial charge in [0.25, 0.3) is 0 Å². The fourth-order valence-electron chi connectivity index (χ4n) is 2.94. The Morgan fingerprint density at radius 3 is 2.48 bits per heavy atom. The number of carbonyl (C=O) groups excluding carboxylic acids is 1. The number of hydrogen-bond donors (Lipinski definition) is 0. The number of hydrogen-bond acceptors (Lipinski definition) is 1. The Hall–Kier alpha value is -2.15. The Bertz CT molecular complexity index is 770. The monoisotopic (exact) mass is 276 g/mol. The van der Waals surface area contributed by atoms with Gasteiger partial charge in [-0.15, -0.1) is 0 Å². The molecular formula is C20H20O. The summed E-state index contributed by atoms with van der Waals surface area (Å²) in [5.74, 6) is 0. The van der Waals surface area contributed by atoms with Crippen LogP contribution in [0.25, 0.3) is 16.3 Å². The Kier molecular flexibility index (Phi) is 3.29. The Labute approximate surface area is 126 Å². The quantitative estimate of drug-likeness (QED) is 0.670. The van der Waals surface area contributed by atoms with Gasteiger partial charge in [0.1, 0.15) is 0 Å². The number of benzene rings is 2. The average molecular weight is 276 g/mol. The molecule has 0 bridgehead atoms. The van der Waals surface area contributed by atoms with Crippen molar-refractivity contribution in [2.24, 2.45) is 5.41 Å². The molecule has 1 heteroatoms. The molecule has 0 fully saturated rings. The normalized spacial score (nSPS) is 15.0. The van der Waals surface area contributed by atoms with Crippen LogP contribution >= 0.6 is 0 Å². The van der Waals surface area contributed by atoms with E-state index in [1.54, 1.807) is 0 Å². The highest BCUT2D eigenvalue weighted by Crippen LogP contribution is 2.38. The van der Waals surface area contributed by atoms with Crippen LogP contribution in [-0.4, -0.2) is 6.29 Å². The maximum absolute atomic E-state index is 11.6. The van der Waals surface area contributed by atoms with Crippen molar-refractivity contribution in [1.82, 2.24) is 0 Å². The highest BCUT2D eigenvalue weighted by atomic mass is 16.1. The van der Waals surface area contributed by atoms with Crippen LogP contribution in [-0.2, 0) is 0 Å². The van der Waals surface area contributed by atoms with E-state index in [0.717, 1.165) is 34.6 Å². The molecule has 0 aliphatic heterocycles. The Morgan fingerprint density at radius 1 is 1.05 bits per heavy atom. The Morgan fingerprint density at radius 2 is 1.81 bits per heavy atom. The summed E-state index contributed by atoms with van der Waals surface area (Å²) in [6.07, 6.45) is 6.43. The van der Waals surface area contributed by atoms with Crippen LogP contribution in [0.3, 0.4) is 0 Å². The van der Waals surface area contributed by atoms with E-state index in [4.69, 9.17) is 0 Å². The lowest BCUT2D eigenvalue weighted by Crippen LogP contribution is -2.05. The fourth-order valence-corrected chi connectivity index (χ4v) is 2.94. The topological polar surface area (TPSA) is 17.1 Å². The summed E-state index contributed by atoms with van der Waals surface area (Å²) in [5, 5.41) is 2.15. The summed E-state index contributed by atoms with van der Waals surface area (Å²) in [5.41, 5.74) is 4.62.